The van der Waals surface area contributed by atoms with Crippen LogP contribution in [0.1, 0.15) is 171 Å². The number of carbonyl (C=O) groups excluding carboxylic acids is 4. The molecule has 0 aromatic heterocycles. The van der Waals surface area contributed by atoms with Crippen molar-refractivity contribution >= 4 is 99.4 Å². The van der Waals surface area contributed by atoms with Gasteiger partial charge < -0.3 is 49.9 Å². The van der Waals surface area contributed by atoms with E-state index in [0.29, 0.717) is 84.6 Å². The summed E-state index contributed by atoms with van der Waals surface area (Å²) in [6.07, 6.45) is 17.4. The van der Waals surface area contributed by atoms with Gasteiger partial charge in [-0.25, -0.2) is 30.2 Å². The Hall–Kier alpha value is -12.6. The highest BCUT2D eigenvalue weighted by molar-refractivity contribution is 7.93. The van der Waals surface area contributed by atoms with Crippen LogP contribution in [0.3, 0.4) is 0 Å². The van der Waals surface area contributed by atoms with Gasteiger partial charge in [-0.2, -0.15) is 0 Å². The number of nitrogen functional groups attached to an aromatic ring is 2. The molecule has 5 atom stereocenters. The molecule has 0 saturated heterocycles. The van der Waals surface area contributed by atoms with E-state index in [1.807, 2.05) is 58.9 Å². The van der Waals surface area contributed by atoms with E-state index < -0.39 is 72.1 Å². The van der Waals surface area contributed by atoms with Crippen molar-refractivity contribution in [1.29, 1.82) is 0 Å². The van der Waals surface area contributed by atoms with Crippen molar-refractivity contribution in [3.63, 3.8) is 0 Å². The minimum absolute atomic E-state index is 0.0423. The lowest BCUT2D eigenvalue weighted by Crippen LogP contribution is -2.37. The van der Waals surface area contributed by atoms with E-state index in [9.17, 15) is 44.4 Å². The zero-order valence-corrected chi connectivity index (χ0v) is 78.4. The summed E-state index contributed by atoms with van der Waals surface area (Å²) in [7, 11) is -8.48. The number of allylic oxidation sites excluding steroid dienone is 8. The molecule has 7 aliphatic rings. The quantitative estimate of drug-likeness (QED) is 0.0222. The summed E-state index contributed by atoms with van der Waals surface area (Å²) in [5, 5.41) is 18.7. The summed E-state index contributed by atoms with van der Waals surface area (Å²) in [5.74, 6) is 2.57. The molecule has 2 aliphatic heterocycles. The fourth-order valence-electron chi connectivity index (χ4n) is 17.1. The number of hydrogen-bond donors (Lipinski definition) is 4. The van der Waals surface area contributed by atoms with Gasteiger partial charge in [-0.1, -0.05) is 215 Å². The molecule has 5 aliphatic carbocycles. The third-order valence-electron chi connectivity index (χ3n) is 24.0. The second-order valence-corrected chi connectivity index (χ2v) is 39.6. The maximum Gasteiger partial charge on any atom is 0.488 e. The molecule has 6 N–H and O–H groups in total. The molecule has 0 radical (unpaired) electrons. The molecule has 4 bridgehead atoms. The summed E-state index contributed by atoms with van der Waals surface area (Å²) in [6, 6.07) is 73.3. The van der Waals surface area contributed by atoms with Gasteiger partial charge in [0.2, 0.25) is 0 Å². The average molecular weight is 1820 g/mol. The summed E-state index contributed by atoms with van der Waals surface area (Å²) < 4.78 is 102. The van der Waals surface area contributed by atoms with Crippen molar-refractivity contribution in [2.45, 2.75) is 93.5 Å². The van der Waals surface area contributed by atoms with Crippen LogP contribution >= 0.6 is 0 Å². The normalized spacial score (nSPS) is 17.4. The number of benzene rings is 10. The minimum atomic E-state index is -3.54. The van der Waals surface area contributed by atoms with E-state index in [-0.39, 0.29) is 56.1 Å². The van der Waals surface area contributed by atoms with Gasteiger partial charge in [0.05, 0.1) is 80.4 Å². The minimum Gasteiger partial charge on any atom is -0.494 e. The number of nitrogens with zero attached hydrogens (tertiary/aromatic N) is 2. The molecule has 10 aromatic rings. The van der Waals surface area contributed by atoms with Gasteiger partial charge >= 0.3 is 7.12 Å². The Morgan fingerprint density at radius 1 is 0.469 bits per heavy atom. The number of imide groups is 2. The molecule has 130 heavy (non-hydrogen) atoms. The van der Waals surface area contributed by atoms with Gasteiger partial charge in [0, 0.05) is 70.8 Å². The monoisotopic (exact) mass is 1810 g/mol. The zero-order chi connectivity index (χ0) is 94.2. The van der Waals surface area contributed by atoms with Crippen molar-refractivity contribution in [1.82, 2.24) is 9.80 Å². The van der Waals surface area contributed by atoms with Crippen LogP contribution in [0, 0.1) is 42.4 Å². The van der Waals surface area contributed by atoms with Crippen molar-refractivity contribution in [3.8, 4) is 34.5 Å². The highest BCUT2D eigenvalue weighted by atomic mass is 32.2. The van der Waals surface area contributed by atoms with Crippen LogP contribution in [-0.2, 0) is 29.5 Å². The Kier molecular flexibility index (Phi) is 32.2. The van der Waals surface area contributed by atoms with Gasteiger partial charge in [-0.3, -0.25) is 24.1 Å². The van der Waals surface area contributed by atoms with Crippen molar-refractivity contribution < 1.29 is 82.9 Å². The smallest absolute Gasteiger partial charge is 0.488 e. The van der Waals surface area contributed by atoms with Gasteiger partial charge in [0.15, 0.2) is 32.8 Å². The van der Waals surface area contributed by atoms with Gasteiger partial charge in [0.1, 0.15) is 31.2 Å². The fourth-order valence-corrected chi connectivity index (χ4v) is 19.1. The molecule has 22 nitrogen and oxygen atoms in total. The number of amides is 4. The molecule has 10 aromatic carbocycles. The lowest BCUT2D eigenvalue weighted by atomic mass is 9.66. The number of aryl methyl sites for hydroxylation is 2. The third kappa shape index (κ3) is 23.2. The number of hydrogen-bond acceptors (Lipinski definition) is 20. The number of methoxy groups -OCH3 is 2. The number of anilines is 2. The van der Waals surface area contributed by atoms with Crippen molar-refractivity contribution in [3.05, 3.63) is 339 Å². The van der Waals surface area contributed by atoms with E-state index in [0.717, 1.165) is 67.7 Å². The number of fused-ring (bicyclic) bond motifs is 5. The molecular formula is C104H115BN4O18S3. The van der Waals surface area contributed by atoms with Crippen LogP contribution in [0.15, 0.2) is 266 Å². The molecule has 0 saturated carbocycles. The average Bonchev–Trinajstić information content (AvgIpc) is 1.53. The molecule has 0 spiro atoms. The molecule has 17 rings (SSSR count). The molecule has 680 valence electrons. The van der Waals surface area contributed by atoms with Crippen LogP contribution in [0.25, 0.3) is 22.3 Å². The number of ether oxygens (including phenoxy) is 6. The van der Waals surface area contributed by atoms with Crippen molar-refractivity contribution in [2.75, 3.05) is 82.4 Å². The second kappa shape index (κ2) is 42.8. The van der Waals surface area contributed by atoms with Crippen LogP contribution in [0.5, 0.6) is 34.5 Å². The number of carbonyl (C=O) groups is 4. The standard InChI is InChI=1S/C22H30O4S.C22H22.C20H22N2O6S.C20H18.C11H10N2O4S.C9H13BO4/c1-6-25-21-14-18(10-8-16(21)3)20(12-13-27(5,23)24)19-11-9-17(4)22(15-19)26-7-2;1-21(2)20-14-19(17-12-8-5-9-13-17)22(21,3)15-18(20)16-10-6-4-7-11-16;1-4-28-17-10-12(8-9-16(17)27-2)15(11-29(3,25)26)22-19(23)13-6-5-7-14(21)18(13)20(22)24;1-3-7-15(8-4-1)19-13-18-12-11-17(19)14-20(18)16-9-5-2-6-10-16;1-18(16,17)6-5-13-10(14)7-3-2-4-8(12)9(7)11(13)15;1-3-14-9-6-7(10(11)12)4-5-8(9)13-2/h8-11,14-15,20H,6-7,12-13H2,1-5H3;4-15,20H,1-3H3;5-10,15H,4,11,21H2,1-3H3;1-10,13-14,17-18H,11-12H2;2-6H,12H2,1H3;4-6,11-12H,3H2,1-2H3/b;;;;6-5+;. The Morgan fingerprint density at radius 3 is 1.30 bits per heavy atom. The van der Waals surface area contributed by atoms with Gasteiger partial charge in [0.25, 0.3) is 23.6 Å². The van der Waals surface area contributed by atoms with Crippen LogP contribution in [-0.4, -0.2) is 147 Å². The first-order valence-electron chi connectivity index (χ1n) is 43.2. The van der Waals surface area contributed by atoms with Crippen LogP contribution in [0.2, 0.25) is 0 Å². The van der Waals surface area contributed by atoms with E-state index >= 15 is 0 Å². The zero-order valence-electron chi connectivity index (χ0n) is 75.9. The number of rotatable bonds is 26. The number of nitrogens with two attached hydrogens (primary N) is 2. The van der Waals surface area contributed by atoms with Crippen LogP contribution in [0.4, 0.5) is 11.4 Å². The van der Waals surface area contributed by atoms with Gasteiger partial charge in [-0.05, 0) is 205 Å². The molecule has 4 amide bonds. The first kappa shape index (κ1) is 98.0. The molecule has 0 fully saturated rings. The second-order valence-electron chi connectivity index (χ2n) is 33.3. The predicted molar refractivity (Wildman–Crippen MR) is 517 cm³/mol. The molecular weight excluding hydrogens is 1700 g/mol. The summed E-state index contributed by atoms with van der Waals surface area (Å²) in [4.78, 5) is 51.5. The Bertz CT molecular complexity index is 6180. The van der Waals surface area contributed by atoms with E-state index in [1.54, 1.807) is 55.5 Å². The van der Waals surface area contributed by atoms with E-state index in [2.05, 4.69) is 179 Å². The Balaban J connectivity index is 0.000000153. The Labute approximate surface area is 764 Å². The summed E-state index contributed by atoms with van der Waals surface area (Å²) >= 11 is 0. The van der Waals surface area contributed by atoms with Crippen LogP contribution < -0.4 is 45.4 Å². The van der Waals surface area contributed by atoms with E-state index in [1.165, 1.54) is 102 Å². The first-order chi connectivity index (χ1) is 61.9. The lowest BCUT2D eigenvalue weighted by molar-refractivity contribution is 0.0595. The molecule has 5 unspecified atom stereocenters. The lowest BCUT2D eigenvalue weighted by Gasteiger charge is -2.37. The van der Waals surface area contributed by atoms with Gasteiger partial charge in [-0.15, -0.1) is 0 Å². The first-order valence-corrected chi connectivity index (χ1v) is 49.3. The van der Waals surface area contributed by atoms with Crippen molar-refractivity contribution in [2.24, 2.45) is 28.6 Å². The van der Waals surface area contributed by atoms with E-state index in [4.69, 9.17) is 49.9 Å². The summed E-state index contributed by atoms with van der Waals surface area (Å²) in [5.41, 5.74) is 29.4. The molecule has 2 heterocycles. The fraction of sp³-hybridized carbons (Fsp3) is 0.288. The topological polar surface area (TPSA) is 325 Å². The molecule has 26 heteroatoms. The Morgan fingerprint density at radius 2 is 0.892 bits per heavy atom. The predicted octanol–water partition coefficient (Wildman–Crippen LogP) is 17.9. The highest BCUT2D eigenvalue weighted by Gasteiger charge is 2.57. The third-order valence-corrected chi connectivity index (χ3v) is 26.5. The highest BCUT2D eigenvalue weighted by Crippen LogP contribution is 2.68. The summed E-state index contributed by atoms with van der Waals surface area (Å²) in [6.45, 7) is 20.9. The largest absolute Gasteiger partial charge is 0.494 e. The number of sulfone groups is 3. The maximum absolute atomic E-state index is 13.0. The maximum atomic E-state index is 13.0. The SMILES string of the molecule is C1=C(c2ccccc2)C2C=C(c3ccccc3)C1CC2.CC12C=C(c3ccccc3)C(C=C1c1ccccc1)C2(C)C.CCOc1cc(B(O)O)ccc1OC.CCOc1cc(C(CCS(C)(=O)=O)c2ccc(C)c(OCC)c2)ccc1C.CCOc1cc(C(CS(C)(=O)=O)N2C(=O)c3cccc(N)c3C2=O)ccc1OC.CS(=O)(=O)/C=C/N1C(=O)c2cccc(N)c2C1=O.